The minimum Gasteiger partial charge on any atom is -0.362 e. The second-order valence-corrected chi connectivity index (χ2v) is 5.59. The van der Waals surface area contributed by atoms with Gasteiger partial charge in [-0.2, -0.15) is 5.26 Å². The lowest BCUT2D eigenvalue weighted by Crippen LogP contribution is -2.08. The van der Waals surface area contributed by atoms with Crippen molar-refractivity contribution in [3.05, 3.63) is 45.3 Å². The van der Waals surface area contributed by atoms with Crippen LogP contribution in [0.15, 0.2) is 24.3 Å². The molecule has 2 aromatic heterocycles. The first-order valence-electron chi connectivity index (χ1n) is 5.81. The highest BCUT2D eigenvalue weighted by Crippen LogP contribution is 2.26. The Morgan fingerprint density at radius 1 is 1.28 bits per heavy atom. The van der Waals surface area contributed by atoms with Crippen LogP contribution in [-0.4, -0.2) is 4.98 Å². The second kappa shape index (κ2) is 5.19. The highest BCUT2D eigenvalue weighted by Gasteiger charge is 2.11. The maximum atomic E-state index is 9.07. The van der Waals surface area contributed by atoms with Crippen molar-refractivity contribution in [2.75, 3.05) is 5.32 Å². The van der Waals surface area contributed by atoms with Crippen LogP contribution in [0.3, 0.4) is 0 Å². The van der Waals surface area contributed by atoms with Gasteiger partial charge in [0.25, 0.3) is 0 Å². The Kier molecular flexibility index (Phi) is 3.63. The minimum atomic E-state index is 0.157. The van der Waals surface area contributed by atoms with Gasteiger partial charge in [-0.25, -0.2) is 4.98 Å². The Labute approximate surface area is 111 Å². The van der Waals surface area contributed by atoms with Crippen molar-refractivity contribution in [2.45, 2.75) is 26.8 Å². The maximum Gasteiger partial charge on any atom is 0.144 e. The summed E-state index contributed by atoms with van der Waals surface area (Å²) in [6.07, 6.45) is 0. The van der Waals surface area contributed by atoms with Gasteiger partial charge in [0, 0.05) is 15.4 Å². The molecule has 92 valence electrons. The fourth-order valence-corrected chi connectivity index (χ4v) is 2.60. The van der Waals surface area contributed by atoms with E-state index >= 15 is 0 Å². The predicted octanol–water partition coefficient (Wildman–Crippen LogP) is 3.80. The van der Waals surface area contributed by atoms with Crippen LogP contribution in [0.25, 0.3) is 0 Å². The van der Waals surface area contributed by atoms with Crippen molar-refractivity contribution >= 4 is 17.2 Å². The summed E-state index contributed by atoms with van der Waals surface area (Å²) >= 11 is 1.76. The van der Waals surface area contributed by atoms with Crippen molar-refractivity contribution in [2.24, 2.45) is 0 Å². The number of hydrogen-bond donors (Lipinski definition) is 1. The normalized spacial score (nSPS) is 11.9. The molecular formula is C14H15N3S. The van der Waals surface area contributed by atoms with E-state index in [4.69, 9.17) is 5.26 Å². The highest BCUT2D eigenvalue weighted by atomic mass is 32.1. The van der Waals surface area contributed by atoms with Crippen LogP contribution in [0.5, 0.6) is 0 Å². The van der Waals surface area contributed by atoms with Gasteiger partial charge in [-0.3, -0.25) is 0 Å². The zero-order chi connectivity index (χ0) is 13.1. The molecule has 0 radical (unpaired) electrons. The molecule has 3 nitrogen and oxygen atoms in total. The van der Waals surface area contributed by atoms with Crippen LogP contribution >= 0.6 is 11.3 Å². The molecule has 2 aromatic rings. The maximum absolute atomic E-state index is 9.07. The van der Waals surface area contributed by atoms with Gasteiger partial charge >= 0.3 is 0 Å². The van der Waals surface area contributed by atoms with Gasteiger partial charge in [-0.15, -0.1) is 11.3 Å². The first-order chi connectivity index (χ1) is 8.60. The largest absolute Gasteiger partial charge is 0.362 e. The number of nitrogens with one attached hydrogen (secondary N) is 1. The van der Waals surface area contributed by atoms with Crippen molar-refractivity contribution in [3.8, 4) is 6.07 Å². The van der Waals surface area contributed by atoms with Crippen LogP contribution in [0.4, 0.5) is 5.82 Å². The van der Waals surface area contributed by atoms with Crippen molar-refractivity contribution in [1.29, 1.82) is 5.26 Å². The third kappa shape index (κ3) is 2.69. The number of hydrogen-bond acceptors (Lipinski definition) is 4. The summed E-state index contributed by atoms with van der Waals surface area (Å²) in [5.74, 6) is 0.663. The molecule has 0 aliphatic rings. The van der Waals surface area contributed by atoms with Crippen LogP contribution in [-0.2, 0) is 0 Å². The molecule has 0 aliphatic carbocycles. The first kappa shape index (κ1) is 12.6. The lowest BCUT2D eigenvalue weighted by atomic mass is 10.2. The van der Waals surface area contributed by atoms with Gasteiger partial charge in [-0.1, -0.05) is 0 Å². The molecule has 0 saturated heterocycles. The second-order valence-electron chi connectivity index (χ2n) is 4.28. The molecule has 0 aromatic carbocycles. The zero-order valence-corrected chi connectivity index (χ0v) is 11.5. The molecule has 0 bridgehead atoms. The van der Waals surface area contributed by atoms with Gasteiger partial charge in [0.1, 0.15) is 11.9 Å². The zero-order valence-electron chi connectivity index (χ0n) is 10.7. The van der Waals surface area contributed by atoms with Crippen molar-refractivity contribution < 1.29 is 0 Å². The molecule has 0 fully saturated rings. The quantitative estimate of drug-likeness (QED) is 0.909. The van der Waals surface area contributed by atoms with Crippen LogP contribution in [0.1, 0.15) is 34.0 Å². The number of pyridine rings is 1. The van der Waals surface area contributed by atoms with E-state index in [1.807, 2.05) is 13.0 Å². The van der Waals surface area contributed by atoms with E-state index in [-0.39, 0.29) is 6.04 Å². The number of anilines is 1. The summed E-state index contributed by atoms with van der Waals surface area (Å²) in [6, 6.07) is 10.2. The molecule has 1 N–H and O–H groups in total. The fourth-order valence-electron chi connectivity index (χ4n) is 1.72. The Bertz CT molecular complexity index is 595. The van der Waals surface area contributed by atoms with Gasteiger partial charge in [0.2, 0.25) is 0 Å². The monoisotopic (exact) mass is 257 g/mol. The topological polar surface area (TPSA) is 48.7 Å². The molecule has 4 heteroatoms. The summed E-state index contributed by atoms with van der Waals surface area (Å²) in [6.45, 7) is 6.09. The summed E-state index contributed by atoms with van der Waals surface area (Å²) in [4.78, 5) is 6.93. The summed E-state index contributed by atoms with van der Waals surface area (Å²) in [5.41, 5.74) is 1.49. The van der Waals surface area contributed by atoms with E-state index in [2.05, 4.69) is 42.4 Å². The number of thiophene rings is 1. The van der Waals surface area contributed by atoms with Crippen LogP contribution in [0.2, 0.25) is 0 Å². The Hall–Kier alpha value is -1.86. The van der Waals surface area contributed by atoms with Gasteiger partial charge in [-0.05, 0) is 45.0 Å². The molecule has 2 rings (SSSR count). The Morgan fingerprint density at radius 2 is 2.06 bits per heavy atom. The fraction of sp³-hybridized carbons (Fsp3) is 0.286. The number of aryl methyl sites for hydroxylation is 2. The minimum absolute atomic E-state index is 0.157. The van der Waals surface area contributed by atoms with Gasteiger partial charge in [0.15, 0.2) is 0 Å². The van der Waals surface area contributed by atoms with E-state index in [0.717, 1.165) is 5.69 Å². The summed E-state index contributed by atoms with van der Waals surface area (Å²) in [7, 11) is 0. The SMILES string of the molecule is Cc1ccc(C#N)c(NC(C)c2ccc(C)s2)n1. The smallest absolute Gasteiger partial charge is 0.144 e. The Balaban J connectivity index is 2.24. The molecule has 1 atom stereocenters. The standard InChI is InChI=1S/C14H15N3S/c1-9-4-6-12(8-15)14(16-9)17-11(3)13-7-5-10(2)18-13/h4-7,11H,1-3H3,(H,16,17). The number of rotatable bonds is 3. The highest BCUT2D eigenvalue weighted by molar-refractivity contribution is 7.12. The lowest BCUT2D eigenvalue weighted by molar-refractivity contribution is 0.892. The Morgan fingerprint density at radius 3 is 2.67 bits per heavy atom. The van der Waals surface area contributed by atoms with Crippen molar-refractivity contribution in [1.82, 2.24) is 4.98 Å². The third-order valence-corrected chi connectivity index (χ3v) is 3.88. The molecule has 0 amide bonds. The number of nitriles is 1. The molecule has 0 spiro atoms. The average Bonchev–Trinajstić information content (AvgIpc) is 2.76. The molecular weight excluding hydrogens is 242 g/mol. The summed E-state index contributed by atoms with van der Waals surface area (Å²) in [5, 5.41) is 12.4. The van der Waals surface area contributed by atoms with Crippen LogP contribution in [0, 0.1) is 25.2 Å². The van der Waals surface area contributed by atoms with E-state index in [1.54, 1.807) is 17.4 Å². The molecule has 2 heterocycles. The molecule has 18 heavy (non-hydrogen) atoms. The molecule has 0 aliphatic heterocycles. The number of aromatic nitrogens is 1. The van der Waals surface area contributed by atoms with E-state index in [1.165, 1.54) is 9.75 Å². The molecule has 1 unspecified atom stereocenters. The van der Waals surface area contributed by atoms with Crippen LogP contribution < -0.4 is 5.32 Å². The van der Waals surface area contributed by atoms with E-state index < -0.39 is 0 Å². The van der Waals surface area contributed by atoms with Gasteiger partial charge < -0.3 is 5.32 Å². The predicted molar refractivity (Wildman–Crippen MR) is 74.8 cm³/mol. The molecule has 0 saturated carbocycles. The number of nitrogens with zero attached hydrogens (tertiary/aromatic N) is 2. The lowest BCUT2D eigenvalue weighted by Gasteiger charge is -2.14. The van der Waals surface area contributed by atoms with Gasteiger partial charge in [0.05, 0.1) is 11.6 Å². The third-order valence-electron chi connectivity index (χ3n) is 2.70. The average molecular weight is 257 g/mol. The van der Waals surface area contributed by atoms with Crippen molar-refractivity contribution in [3.63, 3.8) is 0 Å². The van der Waals surface area contributed by atoms with E-state index in [9.17, 15) is 0 Å². The summed E-state index contributed by atoms with van der Waals surface area (Å²) < 4.78 is 0. The van der Waals surface area contributed by atoms with E-state index in [0.29, 0.717) is 11.4 Å². The first-order valence-corrected chi connectivity index (χ1v) is 6.62.